The molecule has 0 aliphatic carbocycles. The second kappa shape index (κ2) is 9.92. The molecule has 3 aromatic rings. The van der Waals surface area contributed by atoms with E-state index in [4.69, 9.17) is 39.5 Å². The van der Waals surface area contributed by atoms with Crippen molar-refractivity contribution in [3.8, 4) is 5.75 Å². The average Bonchev–Trinajstić information content (AvgIpc) is 3.25. The van der Waals surface area contributed by atoms with Gasteiger partial charge in [0.25, 0.3) is 5.91 Å². The predicted molar refractivity (Wildman–Crippen MR) is 122 cm³/mol. The Balaban J connectivity index is 1.30. The Labute approximate surface area is 195 Å². The van der Waals surface area contributed by atoms with Crippen molar-refractivity contribution in [2.45, 2.75) is 13.3 Å². The van der Waals surface area contributed by atoms with E-state index in [2.05, 4.69) is 10.00 Å². The van der Waals surface area contributed by atoms with Gasteiger partial charge in [0.15, 0.2) is 12.4 Å². The molecule has 1 aliphatic heterocycles. The Morgan fingerprint density at radius 2 is 1.68 bits per heavy atom. The fourth-order valence-corrected chi connectivity index (χ4v) is 3.96. The normalized spacial score (nSPS) is 14.6. The summed E-state index contributed by atoms with van der Waals surface area (Å²) in [5.41, 5.74) is 1.49. The largest absolute Gasteiger partial charge is 0.470 e. The van der Waals surface area contributed by atoms with Gasteiger partial charge in [-0.2, -0.15) is 5.10 Å². The molecule has 31 heavy (non-hydrogen) atoms. The number of aromatic nitrogens is 2. The molecule has 1 saturated heterocycles. The molecule has 0 bridgehead atoms. The Morgan fingerprint density at radius 1 is 0.935 bits per heavy atom. The zero-order valence-corrected chi connectivity index (χ0v) is 18.9. The zero-order chi connectivity index (χ0) is 21.8. The standard InChI is InChI=1S/C22H21Cl3N4O2/c23-17-5-2-1-4-16(17)14-27-10-12-28(13-11-27)22(30)19-8-9-29(26-19)15-31-20-7-3-6-18(24)21(20)25/h1-9H,10-15H2. The van der Waals surface area contributed by atoms with Crippen LogP contribution in [0.2, 0.25) is 15.1 Å². The first-order valence-electron chi connectivity index (χ1n) is 9.86. The monoisotopic (exact) mass is 478 g/mol. The lowest BCUT2D eigenvalue weighted by Gasteiger charge is -2.34. The average molecular weight is 480 g/mol. The Morgan fingerprint density at radius 3 is 2.45 bits per heavy atom. The molecule has 1 aromatic heterocycles. The van der Waals surface area contributed by atoms with Crippen LogP contribution in [0.25, 0.3) is 0 Å². The maximum Gasteiger partial charge on any atom is 0.274 e. The smallest absolute Gasteiger partial charge is 0.274 e. The molecule has 0 saturated carbocycles. The number of rotatable bonds is 6. The maximum atomic E-state index is 12.8. The van der Waals surface area contributed by atoms with E-state index in [1.807, 2.05) is 29.2 Å². The van der Waals surface area contributed by atoms with Gasteiger partial charge in [-0.25, -0.2) is 4.68 Å². The van der Waals surface area contributed by atoms with Crippen LogP contribution in [0.3, 0.4) is 0 Å². The number of ether oxygens (including phenoxy) is 1. The minimum atomic E-state index is -0.0862. The Bertz CT molecular complexity index is 1060. The number of hydrogen-bond acceptors (Lipinski definition) is 4. The molecule has 0 unspecified atom stereocenters. The molecule has 0 radical (unpaired) electrons. The number of halogens is 3. The molecule has 1 fully saturated rings. The molecule has 9 heteroatoms. The molecule has 1 aliphatic rings. The molecule has 2 heterocycles. The van der Waals surface area contributed by atoms with Crippen LogP contribution in [0.4, 0.5) is 0 Å². The highest BCUT2D eigenvalue weighted by Gasteiger charge is 2.24. The van der Waals surface area contributed by atoms with Gasteiger partial charge in [-0.3, -0.25) is 9.69 Å². The van der Waals surface area contributed by atoms with Crippen LogP contribution in [0.5, 0.6) is 5.75 Å². The van der Waals surface area contributed by atoms with Gasteiger partial charge >= 0.3 is 0 Å². The number of amides is 1. The molecule has 2 aromatic carbocycles. The molecule has 0 atom stereocenters. The molecule has 1 amide bonds. The first-order valence-corrected chi connectivity index (χ1v) is 11.0. The quantitative estimate of drug-likeness (QED) is 0.508. The molecule has 0 N–H and O–H groups in total. The Hall–Kier alpha value is -2.25. The van der Waals surface area contributed by atoms with E-state index in [1.165, 1.54) is 0 Å². The third-order valence-electron chi connectivity index (χ3n) is 5.14. The lowest BCUT2D eigenvalue weighted by molar-refractivity contribution is 0.0621. The molecule has 4 rings (SSSR count). The highest BCUT2D eigenvalue weighted by molar-refractivity contribution is 6.42. The van der Waals surface area contributed by atoms with Gasteiger partial charge in [0.1, 0.15) is 10.8 Å². The lowest BCUT2D eigenvalue weighted by Crippen LogP contribution is -2.48. The van der Waals surface area contributed by atoms with Crippen molar-refractivity contribution in [1.82, 2.24) is 19.6 Å². The van der Waals surface area contributed by atoms with Crippen molar-refractivity contribution in [2.75, 3.05) is 26.2 Å². The van der Waals surface area contributed by atoms with E-state index in [0.29, 0.717) is 34.6 Å². The second-order valence-corrected chi connectivity index (χ2v) is 8.42. The third-order valence-corrected chi connectivity index (χ3v) is 6.31. The Kier molecular flexibility index (Phi) is 7.02. The number of carbonyl (C=O) groups is 1. The summed E-state index contributed by atoms with van der Waals surface area (Å²) < 4.78 is 7.22. The first-order chi connectivity index (χ1) is 15.0. The van der Waals surface area contributed by atoms with Crippen molar-refractivity contribution < 1.29 is 9.53 Å². The van der Waals surface area contributed by atoms with Crippen molar-refractivity contribution >= 4 is 40.7 Å². The van der Waals surface area contributed by atoms with Crippen LogP contribution in [0.1, 0.15) is 16.1 Å². The van der Waals surface area contributed by atoms with Gasteiger partial charge < -0.3 is 9.64 Å². The summed E-state index contributed by atoms with van der Waals surface area (Å²) in [6, 6.07) is 14.7. The van der Waals surface area contributed by atoms with Crippen LogP contribution >= 0.6 is 34.8 Å². The van der Waals surface area contributed by atoms with Crippen molar-refractivity contribution in [1.29, 1.82) is 0 Å². The van der Waals surface area contributed by atoms with Gasteiger partial charge in [0.05, 0.1) is 5.02 Å². The van der Waals surface area contributed by atoms with E-state index < -0.39 is 0 Å². The van der Waals surface area contributed by atoms with E-state index in [9.17, 15) is 4.79 Å². The maximum absolute atomic E-state index is 12.8. The lowest BCUT2D eigenvalue weighted by atomic mass is 10.2. The number of hydrogen-bond donors (Lipinski definition) is 0. The first kappa shape index (κ1) is 22.0. The molecule has 162 valence electrons. The number of carbonyl (C=O) groups excluding carboxylic acids is 1. The highest BCUT2D eigenvalue weighted by atomic mass is 35.5. The van der Waals surface area contributed by atoms with Gasteiger partial charge in [-0.1, -0.05) is 59.1 Å². The van der Waals surface area contributed by atoms with Crippen LogP contribution < -0.4 is 4.74 Å². The SMILES string of the molecule is O=C(c1ccn(COc2cccc(Cl)c2Cl)n1)N1CCN(Cc2ccccc2Cl)CC1. The predicted octanol–water partition coefficient (Wildman–Crippen LogP) is 4.84. The minimum Gasteiger partial charge on any atom is -0.470 e. The number of nitrogens with zero attached hydrogens (tertiary/aromatic N) is 4. The minimum absolute atomic E-state index is 0.0862. The van der Waals surface area contributed by atoms with Gasteiger partial charge in [-0.05, 0) is 29.8 Å². The summed E-state index contributed by atoms with van der Waals surface area (Å²) in [7, 11) is 0. The van der Waals surface area contributed by atoms with Crippen LogP contribution in [0.15, 0.2) is 54.7 Å². The number of piperazine rings is 1. The molecule has 0 spiro atoms. The summed E-state index contributed by atoms with van der Waals surface area (Å²) in [5.74, 6) is 0.379. The topological polar surface area (TPSA) is 50.6 Å². The van der Waals surface area contributed by atoms with Crippen molar-refractivity contribution in [3.63, 3.8) is 0 Å². The van der Waals surface area contributed by atoms with Gasteiger partial charge in [0, 0.05) is 43.9 Å². The van der Waals surface area contributed by atoms with Gasteiger partial charge in [0.2, 0.25) is 0 Å². The third kappa shape index (κ3) is 5.33. The van der Waals surface area contributed by atoms with Crippen molar-refractivity contribution in [3.05, 3.63) is 81.1 Å². The summed E-state index contributed by atoms with van der Waals surface area (Å²) in [6.45, 7) is 3.76. The van der Waals surface area contributed by atoms with E-state index in [0.717, 1.165) is 30.2 Å². The fourth-order valence-electron chi connectivity index (χ4n) is 3.42. The molecular weight excluding hydrogens is 459 g/mol. The van der Waals surface area contributed by atoms with E-state index >= 15 is 0 Å². The van der Waals surface area contributed by atoms with E-state index in [1.54, 1.807) is 35.1 Å². The summed E-state index contributed by atoms with van der Waals surface area (Å²) >= 11 is 18.4. The van der Waals surface area contributed by atoms with Crippen LogP contribution in [-0.4, -0.2) is 51.7 Å². The van der Waals surface area contributed by atoms with Crippen molar-refractivity contribution in [2.24, 2.45) is 0 Å². The fraction of sp³-hybridized carbons (Fsp3) is 0.273. The second-order valence-electron chi connectivity index (χ2n) is 7.23. The molecular formula is C22H21Cl3N4O2. The van der Waals surface area contributed by atoms with Crippen LogP contribution in [-0.2, 0) is 13.3 Å². The molecule has 6 nitrogen and oxygen atoms in total. The highest BCUT2D eigenvalue weighted by Crippen LogP contribution is 2.31. The van der Waals surface area contributed by atoms with E-state index in [-0.39, 0.29) is 12.6 Å². The van der Waals surface area contributed by atoms with Crippen LogP contribution in [0, 0.1) is 0 Å². The summed E-state index contributed by atoms with van der Waals surface area (Å²) in [4.78, 5) is 17.0. The zero-order valence-electron chi connectivity index (χ0n) is 16.7. The summed E-state index contributed by atoms with van der Waals surface area (Å²) in [6.07, 6.45) is 1.71. The number of benzene rings is 2. The van der Waals surface area contributed by atoms with Gasteiger partial charge in [-0.15, -0.1) is 0 Å². The summed E-state index contributed by atoms with van der Waals surface area (Å²) in [5, 5.41) is 5.89.